The fourth-order valence-corrected chi connectivity index (χ4v) is 12.0. The SMILES string of the molecule is [Pt].[c-]1c(Oc2[c-]c3c(cc2)c2ccccc2n3-c2ccccn2)cccc1N1[CH-]N(c2c(-c3cc(-c4ccccc4)cc(-c4ccccc4)c3)cccc2-c2cc(-c3ccccc3)cc(-c3ccccc3)c2)c2nc3c(cc21)oc1ccccc13. The molecule has 85 heavy (non-hydrogen) atoms. The summed E-state index contributed by atoms with van der Waals surface area (Å²) in [6.45, 7) is 2.15. The maximum Gasteiger partial charge on any atom is 0.156 e. The molecule has 8 heteroatoms. The van der Waals surface area contributed by atoms with Gasteiger partial charge in [0.2, 0.25) is 0 Å². The van der Waals surface area contributed by atoms with Crippen molar-refractivity contribution in [3.05, 3.63) is 304 Å². The molecule has 16 rings (SSSR count). The quantitative estimate of drug-likeness (QED) is 0.120. The van der Waals surface area contributed by atoms with Crippen molar-refractivity contribution in [2.75, 3.05) is 9.80 Å². The number of nitrogens with zero attached hydrogens (tertiary/aromatic N) is 5. The van der Waals surface area contributed by atoms with Crippen molar-refractivity contribution in [2.24, 2.45) is 0 Å². The van der Waals surface area contributed by atoms with E-state index in [1.807, 2.05) is 60.8 Å². The van der Waals surface area contributed by atoms with Gasteiger partial charge in [-0.25, -0.2) is 9.97 Å². The van der Waals surface area contributed by atoms with Crippen molar-refractivity contribution in [3.63, 3.8) is 0 Å². The first-order valence-corrected chi connectivity index (χ1v) is 28.1. The molecule has 0 spiro atoms. The zero-order chi connectivity index (χ0) is 55.5. The molecule has 0 saturated carbocycles. The number of benzene rings is 11. The summed E-state index contributed by atoms with van der Waals surface area (Å²) in [4.78, 5) is 14.9. The van der Waals surface area contributed by atoms with Crippen molar-refractivity contribution in [1.29, 1.82) is 0 Å². The van der Waals surface area contributed by atoms with Crippen LogP contribution in [-0.2, 0) is 21.1 Å². The maximum absolute atomic E-state index is 6.79. The van der Waals surface area contributed by atoms with E-state index >= 15 is 0 Å². The summed E-state index contributed by atoms with van der Waals surface area (Å²) in [7, 11) is 0. The van der Waals surface area contributed by atoms with Crippen LogP contribution < -0.4 is 14.5 Å². The van der Waals surface area contributed by atoms with E-state index in [2.05, 4.69) is 258 Å². The largest absolute Gasteiger partial charge is 0.509 e. The van der Waals surface area contributed by atoms with Crippen molar-refractivity contribution in [2.45, 2.75) is 0 Å². The van der Waals surface area contributed by atoms with Crippen LogP contribution >= 0.6 is 0 Å². The summed E-state index contributed by atoms with van der Waals surface area (Å²) in [5.41, 5.74) is 19.7. The normalized spacial score (nSPS) is 12.0. The first-order chi connectivity index (χ1) is 41.6. The summed E-state index contributed by atoms with van der Waals surface area (Å²) in [5, 5.41) is 3.10. The van der Waals surface area contributed by atoms with Gasteiger partial charge in [-0.1, -0.05) is 181 Å². The van der Waals surface area contributed by atoms with Crippen molar-refractivity contribution < 1.29 is 30.2 Å². The second kappa shape index (κ2) is 21.6. The van der Waals surface area contributed by atoms with Gasteiger partial charge < -0.3 is 23.5 Å². The summed E-state index contributed by atoms with van der Waals surface area (Å²) in [6, 6.07) is 105. The Morgan fingerprint density at radius 2 is 0.929 bits per heavy atom. The molecular weight excluding hydrogens is 1220 g/mol. The number of para-hydroxylation sites is 3. The number of hydrogen-bond donors (Lipinski definition) is 0. The number of ether oxygens (including phenoxy) is 1. The molecule has 0 N–H and O–H groups in total. The molecule has 0 bridgehead atoms. The Morgan fingerprint density at radius 3 is 1.53 bits per heavy atom. The first kappa shape index (κ1) is 51.3. The molecule has 0 aliphatic carbocycles. The molecular formula is C77H48N5O2Pt-3. The number of aromatic nitrogens is 3. The predicted octanol–water partition coefficient (Wildman–Crippen LogP) is 20.3. The molecule has 0 radical (unpaired) electrons. The van der Waals surface area contributed by atoms with E-state index in [1.54, 1.807) is 0 Å². The minimum atomic E-state index is 0. The van der Waals surface area contributed by atoms with Crippen LogP contribution in [0, 0.1) is 18.8 Å². The second-order valence-electron chi connectivity index (χ2n) is 21.0. The van der Waals surface area contributed by atoms with Crippen molar-refractivity contribution >= 4 is 66.8 Å². The zero-order valence-corrected chi connectivity index (χ0v) is 47.9. The Balaban J connectivity index is 0.00000613. The monoisotopic (exact) mass is 1270 g/mol. The molecule has 0 saturated heterocycles. The van der Waals surface area contributed by atoms with Gasteiger partial charge in [0.1, 0.15) is 22.7 Å². The summed E-state index contributed by atoms with van der Waals surface area (Å²) < 4.78 is 15.6. The van der Waals surface area contributed by atoms with Crippen LogP contribution in [0.2, 0.25) is 0 Å². The van der Waals surface area contributed by atoms with Gasteiger partial charge in [0.25, 0.3) is 0 Å². The van der Waals surface area contributed by atoms with Crippen LogP contribution in [0.5, 0.6) is 11.5 Å². The molecule has 0 atom stereocenters. The van der Waals surface area contributed by atoms with E-state index < -0.39 is 0 Å². The molecule has 1 aliphatic heterocycles. The topological polar surface area (TPSA) is 59.6 Å². The molecule has 406 valence electrons. The van der Waals surface area contributed by atoms with Gasteiger partial charge in [0.15, 0.2) is 5.58 Å². The Labute approximate surface area is 506 Å². The summed E-state index contributed by atoms with van der Waals surface area (Å²) in [5.74, 6) is 2.60. The number of pyridine rings is 2. The van der Waals surface area contributed by atoms with Gasteiger partial charge in [-0.3, -0.25) is 0 Å². The number of rotatable bonds is 11. The van der Waals surface area contributed by atoms with Gasteiger partial charge in [-0.2, -0.15) is 12.1 Å². The minimum Gasteiger partial charge on any atom is -0.509 e. The van der Waals surface area contributed by atoms with Crippen LogP contribution in [-0.4, -0.2) is 14.5 Å². The average Bonchev–Trinajstić information content (AvgIpc) is 2.26. The summed E-state index contributed by atoms with van der Waals surface area (Å²) >= 11 is 0. The number of hydrogen-bond acceptors (Lipinski definition) is 6. The van der Waals surface area contributed by atoms with E-state index in [4.69, 9.17) is 19.1 Å². The minimum absolute atomic E-state index is 0. The van der Waals surface area contributed by atoms with Crippen LogP contribution in [0.4, 0.5) is 22.9 Å². The smallest absolute Gasteiger partial charge is 0.156 e. The number of fused-ring (bicyclic) bond motifs is 7. The van der Waals surface area contributed by atoms with Crippen molar-refractivity contribution in [1.82, 2.24) is 14.5 Å². The molecule has 0 unspecified atom stereocenters. The third kappa shape index (κ3) is 9.32. The van der Waals surface area contributed by atoms with Gasteiger partial charge in [0, 0.05) is 72.5 Å². The van der Waals surface area contributed by atoms with Crippen LogP contribution in [0.15, 0.2) is 290 Å². The Hall–Kier alpha value is -10.6. The number of furan rings is 1. The Morgan fingerprint density at radius 1 is 0.400 bits per heavy atom. The molecule has 11 aromatic carbocycles. The third-order valence-corrected chi connectivity index (χ3v) is 15.9. The van der Waals surface area contributed by atoms with E-state index in [1.165, 1.54) is 0 Å². The molecule has 15 aromatic rings. The molecule has 5 heterocycles. The average molecular weight is 1270 g/mol. The summed E-state index contributed by atoms with van der Waals surface area (Å²) in [6.07, 6.45) is 1.82. The fraction of sp³-hybridized carbons (Fsp3) is 0. The molecule has 1 aliphatic rings. The predicted molar refractivity (Wildman–Crippen MR) is 342 cm³/mol. The molecule has 0 amide bonds. The zero-order valence-electron chi connectivity index (χ0n) is 45.6. The molecule has 7 nitrogen and oxygen atoms in total. The van der Waals surface area contributed by atoms with Crippen LogP contribution in [0.25, 0.3) is 116 Å². The molecule has 0 fully saturated rings. The van der Waals surface area contributed by atoms with Gasteiger partial charge in [0.05, 0.1) is 5.69 Å². The maximum atomic E-state index is 6.79. The van der Waals surface area contributed by atoms with E-state index in [0.29, 0.717) is 17.1 Å². The Bertz CT molecular complexity index is 4710. The van der Waals surface area contributed by atoms with Crippen LogP contribution in [0.3, 0.4) is 0 Å². The standard InChI is InChI=1S/C77H48N5O2.Pt/c1-5-21-51(22-6-1)55-41-56(52-23-7-2-8-24-52)44-59(43-55)64-33-20-34-65(60-45-57(53-25-9-3-10-26-53)42-58(46-60)54-27-11-4-12-28-54)76(64)81-50-80(71-49-73-75(79-77(71)81)68-32-14-16-36-72(68)84-73)61-29-19-30-62(47-61)83-63-38-39-67-66-31-13-15-35-69(66)82(70(67)48-63)74-37-17-18-40-78-74;/h1-46,49-50H;/q-3;. The van der Waals surface area contributed by atoms with Crippen molar-refractivity contribution in [3.8, 4) is 84.1 Å². The molecule has 4 aromatic heterocycles. The Kier molecular flexibility index (Phi) is 13.1. The van der Waals surface area contributed by atoms with Gasteiger partial charge in [-0.15, -0.1) is 48.1 Å². The second-order valence-corrected chi connectivity index (χ2v) is 21.0. The van der Waals surface area contributed by atoms with Gasteiger partial charge >= 0.3 is 0 Å². The number of anilines is 4. The van der Waals surface area contributed by atoms with Crippen LogP contribution in [0.1, 0.15) is 0 Å². The van der Waals surface area contributed by atoms with E-state index in [-0.39, 0.29) is 21.1 Å². The van der Waals surface area contributed by atoms with E-state index in [9.17, 15) is 0 Å². The van der Waals surface area contributed by atoms with E-state index in [0.717, 1.165) is 134 Å². The first-order valence-electron chi connectivity index (χ1n) is 28.1. The van der Waals surface area contributed by atoms with Gasteiger partial charge in [-0.05, 0) is 128 Å². The third-order valence-electron chi connectivity index (χ3n) is 15.9. The fourth-order valence-electron chi connectivity index (χ4n) is 12.0.